The van der Waals surface area contributed by atoms with Crippen molar-refractivity contribution >= 4 is 11.6 Å². The molecule has 1 rings (SSSR count). The van der Waals surface area contributed by atoms with Gasteiger partial charge in [-0.25, -0.2) is 0 Å². The van der Waals surface area contributed by atoms with Crippen molar-refractivity contribution in [2.45, 2.75) is 96.0 Å². The van der Waals surface area contributed by atoms with Crippen LogP contribution < -0.4 is 0 Å². The van der Waals surface area contributed by atoms with Gasteiger partial charge in [-0.05, 0) is 43.1 Å². The van der Waals surface area contributed by atoms with Crippen molar-refractivity contribution in [3.63, 3.8) is 0 Å². The Balaban J connectivity index is 2.79. The molecule has 0 aliphatic heterocycles. The van der Waals surface area contributed by atoms with Crippen molar-refractivity contribution in [2.24, 2.45) is 5.41 Å². The molecule has 1 fully saturated rings. The summed E-state index contributed by atoms with van der Waals surface area (Å²) in [5.41, 5.74) is 0.202. The van der Waals surface area contributed by atoms with Crippen molar-refractivity contribution in [3.05, 3.63) is 12.2 Å². The Labute approximate surface area is 130 Å². The van der Waals surface area contributed by atoms with Gasteiger partial charge in [0, 0.05) is 5.38 Å². The van der Waals surface area contributed by atoms with E-state index in [0.717, 1.165) is 44.1 Å². The molecule has 1 nitrogen and oxygen atoms in total. The minimum atomic E-state index is -0.721. The van der Waals surface area contributed by atoms with Gasteiger partial charge in [-0.15, -0.1) is 11.6 Å². The van der Waals surface area contributed by atoms with E-state index in [1.807, 2.05) is 0 Å². The van der Waals surface area contributed by atoms with Gasteiger partial charge in [0.1, 0.15) is 0 Å². The molecule has 20 heavy (non-hydrogen) atoms. The van der Waals surface area contributed by atoms with E-state index in [2.05, 4.69) is 27.4 Å². The van der Waals surface area contributed by atoms with Gasteiger partial charge >= 0.3 is 0 Å². The van der Waals surface area contributed by atoms with Crippen molar-refractivity contribution in [3.8, 4) is 0 Å². The molecule has 0 aromatic rings. The summed E-state index contributed by atoms with van der Waals surface area (Å²) in [5.74, 6) is 0. The Morgan fingerprint density at radius 1 is 1.15 bits per heavy atom. The first-order valence-electron chi connectivity index (χ1n) is 8.38. The standard InChI is InChI=1S/C18H33ClO/c1-5-16(19)12-11-15(2)18(20)14-10-8-6-7-9-13-17(18,3)4/h16,20H,2,5-14H2,1,3-4H3/t16?,18-/m0/s1. The second kappa shape index (κ2) is 7.84. The molecule has 0 bridgehead atoms. The van der Waals surface area contributed by atoms with Crippen LogP contribution in [-0.2, 0) is 0 Å². The van der Waals surface area contributed by atoms with Gasteiger partial charge in [-0.2, -0.15) is 0 Å². The molecule has 1 saturated carbocycles. The maximum Gasteiger partial charge on any atom is 0.0904 e. The fourth-order valence-corrected chi connectivity index (χ4v) is 3.53. The number of rotatable bonds is 5. The van der Waals surface area contributed by atoms with Crippen LogP contribution in [0.1, 0.15) is 85.0 Å². The number of hydrogen-bond acceptors (Lipinski definition) is 1. The molecule has 0 saturated heterocycles. The van der Waals surface area contributed by atoms with Gasteiger partial charge in [0.05, 0.1) is 5.60 Å². The highest BCUT2D eigenvalue weighted by molar-refractivity contribution is 6.20. The van der Waals surface area contributed by atoms with Gasteiger partial charge < -0.3 is 5.11 Å². The van der Waals surface area contributed by atoms with Gasteiger partial charge in [0.25, 0.3) is 0 Å². The summed E-state index contributed by atoms with van der Waals surface area (Å²) in [5, 5.41) is 11.5. The Kier molecular flexibility index (Phi) is 7.08. The lowest BCUT2D eigenvalue weighted by molar-refractivity contribution is -0.0491. The molecule has 2 heteroatoms. The second-order valence-electron chi connectivity index (χ2n) is 7.16. The molecular weight excluding hydrogens is 268 g/mol. The minimum Gasteiger partial charge on any atom is -0.385 e. The third kappa shape index (κ3) is 4.49. The van der Waals surface area contributed by atoms with Crippen LogP contribution in [0.2, 0.25) is 0 Å². The summed E-state index contributed by atoms with van der Waals surface area (Å²) in [6.45, 7) is 10.8. The largest absolute Gasteiger partial charge is 0.385 e. The summed E-state index contributed by atoms with van der Waals surface area (Å²) in [4.78, 5) is 0. The summed E-state index contributed by atoms with van der Waals surface area (Å²) >= 11 is 6.23. The fraction of sp³-hybridized carbons (Fsp3) is 0.889. The van der Waals surface area contributed by atoms with E-state index in [1.165, 1.54) is 25.7 Å². The zero-order valence-electron chi connectivity index (χ0n) is 13.7. The average molecular weight is 301 g/mol. The van der Waals surface area contributed by atoms with E-state index in [0.29, 0.717) is 0 Å². The molecule has 0 radical (unpaired) electrons. The van der Waals surface area contributed by atoms with Gasteiger partial charge in [0.15, 0.2) is 0 Å². The molecular formula is C18H33ClO. The number of alkyl halides is 1. The van der Waals surface area contributed by atoms with Crippen LogP contribution >= 0.6 is 11.6 Å². The Morgan fingerprint density at radius 3 is 2.30 bits per heavy atom. The first kappa shape index (κ1) is 18.0. The highest BCUT2D eigenvalue weighted by Crippen LogP contribution is 2.46. The Bertz CT molecular complexity index is 311. The van der Waals surface area contributed by atoms with Crippen LogP contribution in [0, 0.1) is 5.41 Å². The molecule has 1 unspecified atom stereocenters. The zero-order valence-corrected chi connectivity index (χ0v) is 14.4. The SMILES string of the molecule is C=C(CCC(Cl)CC)[C@@]1(O)CCCCCCCC1(C)C. The normalized spacial score (nSPS) is 29.1. The maximum atomic E-state index is 11.3. The topological polar surface area (TPSA) is 20.2 Å². The number of aliphatic hydroxyl groups is 1. The van der Waals surface area contributed by atoms with Crippen LogP contribution in [0.3, 0.4) is 0 Å². The third-order valence-electron chi connectivity index (χ3n) is 5.25. The van der Waals surface area contributed by atoms with E-state index in [1.54, 1.807) is 0 Å². The third-order valence-corrected chi connectivity index (χ3v) is 5.77. The van der Waals surface area contributed by atoms with E-state index in [4.69, 9.17) is 11.6 Å². The van der Waals surface area contributed by atoms with Crippen LogP contribution in [0.15, 0.2) is 12.2 Å². The average Bonchev–Trinajstić information content (AvgIpc) is 2.47. The lowest BCUT2D eigenvalue weighted by Crippen LogP contribution is -2.46. The van der Waals surface area contributed by atoms with Crippen LogP contribution in [0.4, 0.5) is 0 Å². The predicted octanol–water partition coefficient (Wildman–Crippen LogP) is 5.84. The molecule has 0 amide bonds. The summed E-state index contributed by atoms with van der Waals surface area (Å²) in [6.07, 6.45) is 10.9. The summed E-state index contributed by atoms with van der Waals surface area (Å²) in [7, 11) is 0. The monoisotopic (exact) mass is 300 g/mol. The number of hydrogen-bond donors (Lipinski definition) is 1. The minimum absolute atomic E-state index is 0.0809. The second-order valence-corrected chi connectivity index (χ2v) is 7.78. The Hall–Kier alpha value is -0.0100. The quantitative estimate of drug-likeness (QED) is 0.499. The van der Waals surface area contributed by atoms with E-state index in [9.17, 15) is 5.11 Å². The molecule has 0 spiro atoms. The molecule has 2 atom stereocenters. The van der Waals surface area contributed by atoms with E-state index in [-0.39, 0.29) is 10.8 Å². The van der Waals surface area contributed by atoms with Crippen LogP contribution in [0.5, 0.6) is 0 Å². The highest BCUT2D eigenvalue weighted by Gasteiger charge is 2.44. The van der Waals surface area contributed by atoms with Crippen LogP contribution in [0.25, 0.3) is 0 Å². The van der Waals surface area contributed by atoms with E-state index >= 15 is 0 Å². The Morgan fingerprint density at radius 2 is 1.70 bits per heavy atom. The van der Waals surface area contributed by atoms with Crippen molar-refractivity contribution < 1.29 is 5.11 Å². The molecule has 1 aliphatic carbocycles. The predicted molar refractivity (Wildman–Crippen MR) is 89.4 cm³/mol. The smallest absolute Gasteiger partial charge is 0.0904 e. The van der Waals surface area contributed by atoms with Crippen LogP contribution in [-0.4, -0.2) is 16.1 Å². The van der Waals surface area contributed by atoms with Gasteiger partial charge in [-0.1, -0.05) is 59.5 Å². The molecule has 1 aliphatic rings. The van der Waals surface area contributed by atoms with Gasteiger partial charge in [-0.3, -0.25) is 0 Å². The van der Waals surface area contributed by atoms with Gasteiger partial charge in [0.2, 0.25) is 0 Å². The molecule has 0 aromatic carbocycles. The maximum absolute atomic E-state index is 11.3. The summed E-state index contributed by atoms with van der Waals surface area (Å²) < 4.78 is 0. The van der Waals surface area contributed by atoms with Crippen molar-refractivity contribution in [2.75, 3.05) is 0 Å². The molecule has 0 heterocycles. The first-order valence-corrected chi connectivity index (χ1v) is 8.82. The fourth-order valence-electron chi connectivity index (χ4n) is 3.42. The first-order chi connectivity index (χ1) is 9.33. The van der Waals surface area contributed by atoms with Crippen molar-refractivity contribution in [1.82, 2.24) is 0 Å². The number of halogens is 1. The lowest BCUT2D eigenvalue weighted by Gasteiger charge is -2.45. The van der Waals surface area contributed by atoms with E-state index < -0.39 is 5.60 Å². The molecule has 0 aromatic heterocycles. The summed E-state index contributed by atoms with van der Waals surface area (Å²) in [6, 6.07) is 0. The highest BCUT2D eigenvalue weighted by atomic mass is 35.5. The molecule has 1 N–H and O–H groups in total. The lowest BCUT2D eigenvalue weighted by atomic mass is 9.65. The zero-order chi connectivity index (χ0) is 15.2. The molecule has 118 valence electrons. The van der Waals surface area contributed by atoms with Crippen molar-refractivity contribution in [1.29, 1.82) is 0 Å².